The molecule has 4 unspecified atom stereocenters. The number of esters is 2. The van der Waals surface area contributed by atoms with Gasteiger partial charge in [0.05, 0.1) is 18.4 Å². The quantitative estimate of drug-likeness (QED) is 0.201. The van der Waals surface area contributed by atoms with Crippen LogP contribution in [0.2, 0.25) is 0 Å². The lowest BCUT2D eigenvalue weighted by Gasteiger charge is -2.14. The van der Waals surface area contributed by atoms with Crippen LogP contribution in [0, 0.1) is 11.8 Å². The molecule has 2 saturated heterocycles. The molecule has 0 amide bonds. The van der Waals surface area contributed by atoms with E-state index >= 15 is 0 Å². The van der Waals surface area contributed by atoms with Crippen LogP contribution in [0.5, 0.6) is 0 Å². The largest absolute Gasteiger partial charge is 0.508 e. The van der Waals surface area contributed by atoms with E-state index in [0.717, 1.165) is 58.0 Å². The minimum absolute atomic E-state index is 0. The summed E-state index contributed by atoms with van der Waals surface area (Å²) in [5.74, 6) is -0.206. The Bertz CT molecular complexity index is 532. The highest BCUT2D eigenvalue weighted by molar-refractivity contribution is 5.72. The Kier molecular flexibility index (Phi) is 16.7. The van der Waals surface area contributed by atoms with Gasteiger partial charge in [0.25, 0.3) is 0 Å². The number of carbonyl (C=O) groups excluding carboxylic acids is 3. The van der Waals surface area contributed by atoms with E-state index in [-0.39, 0.29) is 50.5 Å². The van der Waals surface area contributed by atoms with Crippen LogP contribution in [-0.2, 0) is 33.3 Å². The molecule has 0 N–H and O–H groups in total. The normalized spacial score (nSPS) is 20.4. The molecule has 4 atom stereocenters. The summed E-state index contributed by atoms with van der Waals surface area (Å²) in [6.45, 7) is 9.69. The van der Waals surface area contributed by atoms with Crippen molar-refractivity contribution in [1.82, 2.24) is 0 Å². The van der Waals surface area contributed by atoms with Gasteiger partial charge in [-0.3, -0.25) is 9.59 Å². The Balaban J connectivity index is 0.000000592. The fourth-order valence-corrected chi connectivity index (χ4v) is 3.08. The summed E-state index contributed by atoms with van der Waals surface area (Å²) >= 11 is 0. The van der Waals surface area contributed by atoms with Gasteiger partial charge < -0.3 is 23.7 Å². The Morgan fingerprint density at radius 3 is 1.69 bits per heavy atom. The van der Waals surface area contributed by atoms with Crippen LogP contribution in [0.15, 0.2) is 0 Å². The van der Waals surface area contributed by atoms with Crippen molar-refractivity contribution < 1.29 is 38.1 Å². The standard InChI is InChI=1S/C12H20O5.C11H20O3.CH4/c1-3-5-6-9(4-2)11(13)15-7-10-8-16-12(14)17-10;1-3-5-6-9(4-2)11(12)14-8-10-7-13-10;/h9-10H,3-8H2,1-2H3;9-10H,3-8H2,1-2H3;1H4. The molecule has 0 aromatic heterocycles. The minimum atomic E-state index is -0.691. The molecule has 2 aliphatic rings. The first-order valence-electron chi connectivity index (χ1n) is 11.7. The van der Waals surface area contributed by atoms with E-state index in [1.54, 1.807) is 0 Å². The highest BCUT2D eigenvalue weighted by atomic mass is 16.8. The number of epoxide rings is 1. The third kappa shape index (κ3) is 12.9. The third-order valence-corrected chi connectivity index (χ3v) is 5.34. The molecule has 2 heterocycles. The molecule has 0 spiro atoms. The van der Waals surface area contributed by atoms with E-state index < -0.39 is 12.3 Å². The zero-order chi connectivity index (χ0) is 23.1. The van der Waals surface area contributed by atoms with Crippen molar-refractivity contribution in [3.63, 3.8) is 0 Å². The Hall–Kier alpha value is -1.83. The third-order valence-electron chi connectivity index (χ3n) is 5.34. The second kappa shape index (κ2) is 17.7. The average Bonchev–Trinajstić information content (AvgIpc) is 3.51. The molecule has 0 aromatic carbocycles. The second-order valence-corrected chi connectivity index (χ2v) is 8.01. The number of hydrogen-bond donors (Lipinski definition) is 0. The number of carbonyl (C=O) groups is 3. The van der Waals surface area contributed by atoms with Gasteiger partial charge in [-0.1, -0.05) is 60.8 Å². The Morgan fingerprint density at radius 1 is 0.875 bits per heavy atom. The maximum atomic E-state index is 11.7. The first-order valence-corrected chi connectivity index (χ1v) is 11.7. The maximum Gasteiger partial charge on any atom is 0.508 e. The summed E-state index contributed by atoms with van der Waals surface area (Å²) in [6.07, 6.45) is 6.84. The van der Waals surface area contributed by atoms with Crippen LogP contribution in [-0.4, -0.2) is 56.7 Å². The number of ether oxygens (including phenoxy) is 5. The van der Waals surface area contributed by atoms with Gasteiger partial charge >= 0.3 is 18.1 Å². The van der Waals surface area contributed by atoms with Crippen LogP contribution in [0.3, 0.4) is 0 Å². The second-order valence-electron chi connectivity index (χ2n) is 8.01. The highest BCUT2D eigenvalue weighted by Gasteiger charge is 2.28. The van der Waals surface area contributed by atoms with E-state index in [4.69, 9.17) is 18.9 Å². The molecule has 0 aliphatic carbocycles. The first-order chi connectivity index (χ1) is 14.9. The van der Waals surface area contributed by atoms with E-state index in [1.807, 2.05) is 13.8 Å². The lowest BCUT2D eigenvalue weighted by atomic mass is 10.00. The monoisotopic (exact) mass is 460 g/mol. The van der Waals surface area contributed by atoms with Crippen molar-refractivity contribution >= 4 is 18.1 Å². The van der Waals surface area contributed by atoms with Crippen molar-refractivity contribution in [3.8, 4) is 0 Å². The van der Waals surface area contributed by atoms with E-state index in [9.17, 15) is 14.4 Å². The molecular formula is C24H44O8. The molecule has 2 rings (SSSR count). The van der Waals surface area contributed by atoms with Crippen molar-refractivity contribution in [1.29, 1.82) is 0 Å². The molecule has 8 heteroatoms. The van der Waals surface area contributed by atoms with Gasteiger partial charge in [-0.25, -0.2) is 4.79 Å². The van der Waals surface area contributed by atoms with E-state index in [2.05, 4.69) is 18.6 Å². The van der Waals surface area contributed by atoms with Gasteiger partial charge in [0.1, 0.15) is 25.9 Å². The molecule has 8 nitrogen and oxygen atoms in total. The number of unbranched alkanes of at least 4 members (excludes halogenated alkanes) is 2. The minimum Gasteiger partial charge on any atom is -0.463 e. The fraction of sp³-hybridized carbons (Fsp3) is 0.875. The van der Waals surface area contributed by atoms with Crippen molar-refractivity contribution in [3.05, 3.63) is 0 Å². The molecule has 2 fully saturated rings. The predicted octanol–water partition coefficient (Wildman–Crippen LogP) is 5.06. The molecule has 0 bridgehead atoms. The van der Waals surface area contributed by atoms with Gasteiger partial charge in [-0.15, -0.1) is 0 Å². The molecule has 2 aliphatic heterocycles. The smallest absolute Gasteiger partial charge is 0.463 e. The number of hydrogen-bond acceptors (Lipinski definition) is 8. The summed E-state index contributed by atoms with van der Waals surface area (Å²) < 4.78 is 24.6. The molecule has 0 radical (unpaired) electrons. The zero-order valence-corrected chi connectivity index (χ0v) is 19.6. The van der Waals surface area contributed by atoms with Gasteiger partial charge in [-0.05, 0) is 25.7 Å². The number of rotatable bonds is 14. The summed E-state index contributed by atoms with van der Waals surface area (Å²) in [5, 5.41) is 0. The fourth-order valence-electron chi connectivity index (χ4n) is 3.08. The molecule has 32 heavy (non-hydrogen) atoms. The zero-order valence-electron chi connectivity index (χ0n) is 19.6. The van der Waals surface area contributed by atoms with E-state index in [1.165, 1.54) is 0 Å². The maximum absolute atomic E-state index is 11.7. The van der Waals surface area contributed by atoms with Crippen LogP contribution >= 0.6 is 0 Å². The first kappa shape index (κ1) is 30.2. The summed E-state index contributed by atoms with van der Waals surface area (Å²) in [7, 11) is 0. The van der Waals surface area contributed by atoms with Gasteiger partial charge in [0.15, 0.2) is 6.10 Å². The van der Waals surface area contributed by atoms with Crippen LogP contribution in [0.4, 0.5) is 4.79 Å². The summed E-state index contributed by atoms with van der Waals surface area (Å²) in [6, 6.07) is 0. The Morgan fingerprint density at radius 2 is 1.34 bits per heavy atom. The predicted molar refractivity (Wildman–Crippen MR) is 121 cm³/mol. The number of cyclic esters (lactones) is 2. The Labute approximate surface area is 193 Å². The molecule has 0 saturated carbocycles. The highest BCUT2D eigenvalue weighted by Crippen LogP contribution is 2.17. The van der Waals surface area contributed by atoms with Crippen LogP contribution < -0.4 is 0 Å². The average molecular weight is 461 g/mol. The molecular weight excluding hydrogens is 416 g/mol. The van der Waals surface area contributed by atoms with Crippen molar-refractivity contribution in [2.45, 2.75) is 98.7 Å². The van der Waals surface area contributed by atoms with Crippen molar-refractivity contribution in [2.75, 3.05) is 26.4 Å². The summed E-state index contributed by atoms with van der Waals surface area (Å²) in [5.41, 5.74) is 0. The van der Waals surface area contributed by atoms with Crippen LogP contribution in [0.1, 0.15) is 86.5 Å². The lowest BCUT2D eigenvalue weighted by molar-refractivity contribution is -0.151. The molecule has 188 valence electrons. The van der Waals surface area contributed by atoms with Crippen LogP contribution in [0.25, 0.3) is 0 Å². The van der Waals surface area contributed by atoms with Gasteiger partial charge in [0, 0.05) is 0 Å². The lowest BCUT2D eigenvalue weighted by Crippen LogP contribution is -2.24. The SMILES string of the molecule is C.CCCCC(CC)C(=O)OCC1CO1.CCCCC(CC)C(=O)OCC1COC(=O)O1. The summed E-state index contributed by atoms with van der Waals surface area (Å²) in [4.78, 5) is 33.9. The topological polar surface area (TPSA) is 101 Å². The van der Waals surface area contributed by atoms with Gasteiger partial charge in [0.2, 0.25) is 0 Å². The van der Waals surface area contributed by atoms with E-state index in [0.29, 0.717) is 6.61 Å². The van der Waals surface area contributed by atoms with Crippen molar-refractivity contribution in [2.24, 2.45) is 11.8 Å². The molecule has 0 aromatic rings. The van der Waals surface area contributed by atoms with Gasteiger partial charge in [-0.2, -0.15) is 0 Å².